The lowest BCUT2D eigenvalue weighted by molar-refractivity contribution is -0.142. The molecule has 4 heterocycles. The van der Waals surface area contributed by atoms with Crippen molar-refractivity contribution in [1.82, 2.24) is 14.9 Å². The maximum Gasteiger partial charge on any atom is 0.237 e. The third kappa shape index (κ3) is 4.18. The van der Waals surface area contributed by atoms with E-state index in [1.54, 1.807) is 19.9 Å². The molecule has 7 nitrogen and oxygen atoms in total. The minimum atomic E-state index is -1.54. The fourth-order valence-electron chi connectivity index (χ4n) is 6.77. The predicted octanol–water partition coefficient (Wildman–Crippen LogP) is 4.77. The Hall–Kier alpha value is -4.22. The van der Waals surface area contributed by atoms with Crippen LogP contribution in [0.5, 0.6) is 0 Å². The summed E-state index contributed by atoms with van der Waals surface area (Å²) in [6, 6.07) is 2.21. The Morgan fingerprint density at radius 2 is 1.74 bits per heavy atom. The number of likely N-dealkylation sites (N-methyl/N-ethyl adjacent to an activating group) is 1. The molecule has 1 fully saturated rings. The van der Waals surface area contributed by atoms with Crippen LogP contribution in [0.25, 0.3) is 0 Å². The highest BCUT2D eigenvalue weighted by molar-refractivity contribution is 6.06. The Morgan fingerprint density at radius 3 is 2.43 bits per heavy atom. The number of rotatable bonds is 5. The number of pyridine rings is 2. The van der Waals surface area contributed by atoms with Gasteiger partial charge >= 0.3 is 0 Å². The molecule has 2 aliphatic heterocycles. The van der Waals surface area contributed by atoms with Crippen molar-refractivity contribution in [2.45, 2.75) is 56.9 Å². The highest BCUT2D eigenvalue weighted by Crippen LogP contribution is 2.47. The molecule has 2 amide bonds. The zero-order valence-corrected chi connectivity index (χ0v) is 22.6. The van der Waals surface area contributed by atoms with Gasteiger partial charge in [-0.05, 0) is 44.4 Å². The van der Waals surface area contributed by atoms with Crippen LogP contribution in [0, 0.1) is 35.0 Å². The molecule has 0 radical (unpaired) electrons. The van der Waals surface area contributed by atoms with Crippen molar-refractivity contribution in [3.05, 3.63) is 87.6 Å². The van der Waals surface area contributed by atoms with Gasteiger partial charge in [-0.25, -0.2) is 26.9 Å². The van der Waals surface area contributed by atoms with Crippen molar-refractivity contribution in [3.63, 3.8) is 0 Å². The molecule has 1 aliphatic carbocycles. The number of benzene rings is 1. The topological polar surface area (TPSA) is 92.3 Å². The number of hydrogen-bond donors (Lipinski definition) is 1. The summed E-state index contributed by atoms with van der Waals surface area (Å²) in [4.78, 5) is 49.4. The molecule has 12 heteroatoms. The highest BCUT2D eigenvalue weighted by Gasteiger charge is 2.52. The molecule has 0 saturated carbocycles. The molecule has 3 aromatic rings. The second kappa shape index (κ2) is 9.95. The smallest absolute Gasteiger partial charge is 0.237 e. The Kier molecular flexibility index (Phi) is 6.62. The highest BCUT2D eigenvalue weighted by atomic mass is 19.2. The molecule has 218 valence electrons. The zero-order chi connectivity index (χ0) is 30.1. The zero-order valence-electron chi connectivity index (χ0n) is 22.6. The lowest BCUT2D eigenvalue weighted by Crippen LogP contribution is -2.51. The van der Waals surface area contributed by atoms with Crippen molar-refractivity contribution in [2.24, 2.45) is 5.92 Å². The minimum Gasteiger partial charge on any atom is -0.339 e. The average molecular weight is 585 g/mol. The summed E-state index contributed by atoms with van der Waals surface area (Å²) in [6.45, 7) is 3.36. The summed E-state index contributed by atoms with van der Waals surface area (Å²) >= 11 is 0. The van der Waals surface area contributed by atoms with E-state index in [9.17, 15) is 36.3 Å². The summed E-state index contributed by atoms with van der Waals surface area (Å²) in [6.07, 6.45) is 2.17. The van der Waals surface area contributed by atoms with Gasteiger partial charge in [0.1, 0.15) is 11.6 Å². The van der Waals surface area contributed by atoms with Crippen LogP contribution in [0.2, 0.25) is 0 Å². The van der Waals surface area contributed by atoms with Crippen LogP contribution in [0.1, 0.15) is 65.3 Å². The first-order chi connectivity index (χ1) is 19.9. The normalized spacial score (nSPS) is 24.6. The molecule has 1 saturated heterocycles. The molecule has 42 heavy (non-hydrogen) atoms. The van der Waals surface area contributed by atoms with E-state index in [1.165, 1.54) is 17.2 Å². The Balaban J connectivity index is 1.27. The fourth-order valence-corrected chi connectivity index (χ4v) is 6.77. The number of halogens is 5. The van der Waals surface area contributed by atoms with Gasteiger partial charge in [-0.3, -0.25) is 19.4 Å². The number of aromatic nitrogens is 2. The number of hydrogen-bond acceptors (Lipinski definition) is 5. The Labute approximate surface area is 237 Å². The molecule has 1 N–H and O–H groups in total. The number of piperidine rings is 1. The van der Waals surface area contributed by atoms with E-state index in [-0.39, 0.29) is 55.6 Å². The van der Waals surface area contributed by atoms with Crippen molar-refractivity contribution in [1.29, 1.82) is 0 Å². The first kappa shape index (κ1) is 27.9. The Morgan fingerprint density at radius 1 is 1.02 bits per heavy atom. The number of carbonyl (C=O) groups excluding carboxylic acids is 3. The number of amides is 2. The third-order valence-electron chi connectivity index (χ3n) is 8.91. The van der Waals surface area contributed by atoms with E-state index in [0.29, 0.717) is 16.8 Å². The molecular formula is C30H25F5N4O3. The van der Waals surface area contributed by atoms with Crippen LogP contribution in [-0.4, -0.2) is 45.1 Å². The fraction of sp³-hybridized carbons (Fsp3) is 0.367. The first-order valence-corrected chi connectivity index (χ1v) is 13.6. The molecular weight excluding hydrogens is 559 g/mol. The van der Waals surface area contributed by atoms with Crippen LogP contribution in [0.3, 0.4) is 0 Å². The number of Topliss-reactive ketones (excluding diaryl/α,β-unsaturated/α-hetero) is 1. The standard InChI is InChI=1S/C30H25F5N4O3/c1-3-39-13(2)18(24-25(34)20(32)8-21(33)26(24)35)5-14(28(39)41)6-23(40)16-4-15-9-30(10-22(15)36-11-16)19-7-17(31)12-37-27(19)38-29(30)42/h4,7-8,11-14,18H,3,5-6,9-10H2,1-2H3,(H,37,38,42)/t13-,14-,18-,30+/m1/s1. The quantitative estimate of drug-likeness (QED) is 0.265. The number of likely N-dealkylation sites (tertiary alicyclic amines) is 1. The SMILES string of the molecule is CCN1C(=O)[C@@H](CC(=O)c2cnc3c(c2)C[C@@]2(C3)C(=O)Nc3ncc(F)cc32)C[C@@H](c2c(F)c(F)cc(F)c2F)[C@H]1C. The monoisotopic (exact) mass is 584 g/mol. The van der Waals surface area contributed by atoms with Gasteiger partial charge in [0.15, 0.2) is 29.1 Å². The summed E-state index contributed by atoms with van der Waals surface area (Å²) in [5.41, 5.74) is -0.128. The number of fused-ring (bicyclic) bond motifs is 3. The molecule has 0 unspecified atom stereocenters. The number of ketones is 1. The van der Waals surface area contributed by atoms with Gasteiger partial charge in [0.25, 0.3) is 0 Å². The molecule has 0 bridgehead atoms. The van der Waals surface area contributed by atoms with E-state index in [0.717, 1.165) is 6.20 Å². The van der Waals surface area contributed by atoms with Crippen LogP contribution in [-0.2, 0) is 27.8 Å². The van der Waals surface area contributed by atoms with Crippen LogP contribution >= 0.6 is 0 Å². The average Bonchev–Trinajstić information content (AvgIpc) is 3.47. The second-order valence-corrected chi connectivity index (χ2v) is 11.2. The maximum atomic E-state index is 14.8. The van der Waals surface area contributed by atoms with Crippen LogP contribution in [0.4, 0.5) is 27.8 Å². The van der Waals surface area contributed by atoms with Gasteiger partial charge in [-0.2, -0.15) is 0 Å². The summed E-state index contributed by atoms with van der Waals surface area (Å²) in [5, 5.41) is 2.68. The summed E-state index contributed by atoms with van der Waals surface area (Å²) < 4.78 is 71.7. The van der Waals surface area contributed by atoms with E-state index in [1.807, 2.05) is 0 Å². The van der Waals surface area contributed by atoms with E-state index < -0.39 is 69.6 Å². The van der Waals surface area contributed by atoms with Gasteiger partial charge < -0.3 is 10.2 Å². The van der Waals surface area contributed by atoms with Crippen LogP contribution in [0.15, 0.2) is 30.6 Å². The molecule has 2 aromatic heterocycles. The first-order valence-electron chi connectivity index (χ1n) is 13.6. The number of carbonyl (C=O) groups is 3. The second-order valence-electron chi connectivity index (χ2n) is 11.2. The summed E-state index contributed by atoms with van der Waals surface area (Å²) in [7, 11) is 0. The number of nitrogens with zero attached hydrogens (tertiary/aromatic N) is 3. The van der Waals surface area contributed by atoms with E-state index in [4.69, 9.17) is 0 Å². The van der Waals surface area contributed by atoms with Crippen molar-refractivity contribution >= 4 is 23.4 Å². The van der Waals surface area contributed by atoms with E-state index in [2.05, 4.69) is 15.3 Å². The van der Waals surface area contributed by atoms with Gasteiger partial charge in [0.2, 0.25) is 11.8 Å². The van der Waals surface area contributed by atoms with E-state index >= 15 is 0 Å². The molecule has 3 aliphatic rings. The third-order valence-corrected chi connectivity index (χ3v) is 8.91. The Bertz CT molecular complexity index is 1650. The van der Waals surface area contributed by atoms with Crippen molar-refractivity contribution in [3.8, 4) is 0 Å². The maximum absolute atomic E-state index is 14.8. The molecule has 1 spiro atoms. The van der Waals surface area contributed by atoms with Gasteiger partial charge in [0.05, 0.1) is 11.6 Å². The van der Waals surface area contributed by atoms with Gasteiger partial charge in [-0.1, -0.05) is 0 Å². The lowest BCUT2D eigenvalue weighted by atomic mass is 9.76. The minimum absolute atomic E-state index is 0.136. The molecule has 6 rings (SSSR count). The largest absolute Gasteiger partial charge is 0.339 e. The lowest BCUT2D eigenvalue weighted by Gasteiger charge is -2.42. The number of nitrogens with one attached hydrogen (secondary N) is 1. The van der Waals surface area contributed by atoms with Gasteiger partial charge in [0, 0.05) is 71.9 Å². The molecule has 1 aromatic carbocycles. The summed E-state index contributed by atoms with van der Waals surface area (Å²) in [5.74, 6) is -9.77. The van der Waals surface area contributed by atoms with Crippen molar-refractivity contribution in [2.75, 3.05) is 11.9 Å². The molecule has 4 atom stereocenters. The number of anilines is 1. The predicted molar refractivity (Wildman–Crippen MR) is 139 cm³/mol. The van der Waals surface area contributed by atoms with Crippen LogP contribution < -0.4 is 5.32 Å². The van der Waals surface area contributed by atoms with Crippen molar-refractivity contribution < 1.29 is 36.3 Å². The van der Waals surface area contributed by atoms with Gasteiger partial charge in [-0.15, -0.1) is 0 Å².